The van der Waals surface area contributed by atoms with E-state index in [2.05, 4.69) is 35.1 Å². The average molecular weight is 350 g/mol. The van der Waals surface area contributed by atoms with Gasteiger partial charge in [-0.25, -0.2) is 0 Å². The molecule has 0 unspecified atom stereocenters. The molecule has 4 rings (SSSR count). The summed E-state index contributed by atoms with van der Waals surface area (Å²) in [5, 5.41) is 3.07. The van der Waals surface area contributed by atoms with E-state index in [-0.39, 0.29) is 16.7 Å². The monoisotopic (exact) mass is 349 g/mol. The van der Waals surface area contributed by atoms with E-state index in [0.717, 1.165) is 29.6 Å². The normalized spacial score (nSPS) is 43.3. The number of hydrogen-bond acceptors (Lipinski definition) is 2. The zero-order chi connectivity index (χ0) is 14.9. The molecule has 1 aliphatic heterocycles. The minimum absolute atomic E-state index is 0.0237. The lowest BCUT2D eigenvalue weighted by molar-refractivity contribution is -0.149. The summed E-state index contributed by atoms with van der Waals surface area (Å²) in [6, 6.07) is 7.72. The largest absolute Gasteiger partial charge is 0.364 e. The van der Waals surface area contributed by atoms with Gasteiger partial charge in [-0.2, -0.15) is 0 Å². The van der Waals surface area contributed by atoms with Crippen LogP contribution in [0.3, 0.4) is 0 Å². The van der Waals surface area contributed by atoms with Crippen molar-refractivity contribution in [1.82, 2.24) is 0 Å². The van der Waals surface area contributed by atoms with Crippen LogP contribution in [0.15, 0.2) is 28.7 Å². The van der Waals surface area contributed by atoms with Gasteiger partial charge in [0.2, 0.25) is 0 Å². The predicted octanol–water partition coefficient (Wildman–Crippen LogP) is 3.98. The molecule has 21 heavy (non-hydrogen) atoms. The van der Waals surface area contributed by atoms with Crippen molar-refractivity contribution >= 4 is 27.5 Å². The third kappa shape index (κ3) is 1.50. The van der Waals surface area contributed by atoms with Crippen LogP contribution in [0.4, 0.5) is 5.69 Å². The predicted molar refractivity (Wildman–Crippen MR) is 85.0 cm³/mol. The van der Waals surface area contributed by atoms with E-state index < -0.39 is 5.60 Å². The SMILES string of the molecule is C[C@]12CC[C@@H]3C[C@@]1(C(=O)Nc1ccc(Br)cc1)OC[C@@]32C. The number of carbonyl (C=O) groups excluding carboxylic acids is 1. The lowest BCUT2D eigenvalue weighted by atomic mass is 9.66. The highest BCUT2D eigenvalue weighted by molar-refractivity contribution is 9.10. The molecule has 1 saturated heterocycles. The molecule has 3 fully saturated rings. The number of benzene rings is 1. The maximum atomic E-state index is 13.0. The molecule has 1 amide bonds. The maximum absolute atomic E-state index is 13.0. The van der Waals surface area contributed by atoms with Crippen molar-refractivity contribution < 1.29 is 9.53 Å². The number of halogens is 1. The Morgan fingerprint density at radius 3 is 2.67 bits per heavy atom. The van der Waals surface area contributed by atoms with Gasteiger partial charge in [0.05, 0.1) is 6.61 Å². The lowest BCUT2D eigenvalue weighted by Gasteiger charge is -2.40. The minimum atomic E-state index is -0.627. The van der Waals surface area contributed by atoms with E-state index in [0.29, 0.717) is 5.92 Å². The van der Waals surface area contributed by atoms with Crippen LogP contribution in [0.5, 0.6) is 0 Å². The summed E-state index contributed by atoms with van der Waals surface area (Å²) < 4.78 is 7.13. The molecule has 1 N–H and O–H groups in total. The van der Waals surface area contributed by atoms with Gasteiger partial charge in [0, 0.05) is 21.0 Å². The van der Waals surface area contributed by atoms with Crippen LogP contribution in [0.1, 0.15) is 33.1 Å². The first-order valence-corrected chi connectivity index (χ1v) is 8.42. The smallest absolute Gasteiger partial charge is 0.257 e. The first kappa shape index (κ1) is 13.8. The average Bonchev–Trinajstić information content (AvgIpc) is 2.93. The highest BCUT2D eigenvalue weighted by Gasteiger charge is 2.78. The maximum Gasteiger partial charge on any atom is 0.257 e. The molecule has 1 heterocycles. The van der Waals surface area contributed by atoms with E-state index in [1.807, 2.05) is 24.3 Å². The number of nitrogens with one attached hydrogen (secondary N) is 1. The molecule has 1 aromatic carbocycles. The second-order valence-corrected chi connectivity index (χ2v) is 8.18. The molecule has 3 nitrogen and oxygen atoms in total. The number of hydrogen-bond donors (Lipinski definition) is 1. The van der Waals surface area contributed by atoms with Gasteiger partial charge >= 0.3 is 0 Å². The van der Waals surface area contributed by atoms with Crippen molar-refractivity contribution in [1.29, 1.82) is 0 Å². The van der Waals surface area contributed by atoms with Gasteiger partial charge in [-0.05, 0) is 49.4 Å². The van der Waals surface area contributed by atoms with Crippen molar-refractivity contribution in [3.8, 4) is 0 Å². The van der Waals surface area contributed by atoms with Crippen molar-refractivity contribution in [2.24, 2.45) is 16.7 Å². The summed E-state index contributed by atoms with van der Waals surface area (Å²) in [6.07, 6.45) is 3.22. The van der Waals surface area contributed by atoms with Gasteiger partial charge in [-0.1, -0.05) is 29.8 Å². The molecular formula is C17H20BrNO2. The molecule has 4 atom stereocenters. The van der Waals surface area contributed by atoms with E-state index in [1.54, 1.807) is 0 Å². The van der Waals surface area contributed by atoms with E-state index >= 15 is 0 Å². The van der Waals surface area contributed by atoms with Crippen LogP contribution in [-0.4, -0.2) is 18.1 Å². The van der Waals surface area contributed by atoms with Gasteiger partial charge in [0.15, 0.2) is 5.60 Å². The highest BCUT2D eigenvalue weighted by Crippen LogP contribution is 2.75. The summed E-state index contributed by atoms with van der Waals surface area (Å²) in [4.78, 5) is 13.0. The molecule has 3 aliphatic rings. The zero-order valence-electron chi connectivity index (χ0n) is 12.4. The summed E-state index contributed by atoms with van der Waals surface area (Å²) in [7, 11) is 0. The van der Waals surface area contributed by atoms with Gasteiger partial charge < -0.3 is 10.1 Å². The van der Waals surface area contributed by atoms with E-state index in [1.165, 1.54) is 6.42 Å². The molecule has 2 saturated carbocycles. The van der Waals surface area contributed by atoms with Crippen LogP contribution in [0, 0.1) is 16.7 Å². The van der Waals surface area contributed by atoms with E-state index in [9.17, 15) is 4.79 Å². The molecular weight excluding hydrogens is 330 g/mol. The number of ether oxygens (including phenoxy) is 1. The highest BCUT2D eigenvalue weighted by atomic mass is 79.9. The Bertz CT molecular complexity index is 616. The molecule has 0 radical (unpaired) electrons. The molecule has 112 valence electrons. The molecule has 1 aromatic rings. The topological polar surface area (TPSA) is 38.3 Å². The fourth-order valence-electron chi connectivity index (χ4n) is 5.02. The van der Waals surface area contributed by atoms with Crippen LogP contribution >= 0.6 is 15.9 Å². The quantitative estimate of drug-likeness (QED) is 0.876. The Morgan fingerprint density at radius 1 is 1.33 bits per heavy atom. The van der Waals surface area contributed by atoms with Crippen molar-refractivity contribution in [2.75, 3.05) is 11.9 Å². The number of anilines is 1. The standard InChI is InChI=1S/C17H20BrNO2/c1-15-10-21-17(9-11(15)7-8-16(15,17)2)14(20)19-13-5-3-12(18)4-6-13/h3-6,11H,7-10H2,1-2H3,(H,19,20)/t11-,15+,16-,17+/m1/s1. The fraction of sp³-hybridized carbons (Fsp3) is 0.588. The second kappa shape index (κ2) is 4.11. The van der Waals surface area contributed by atoms with Gasteiger partial charge in [0.1, 0.15) is 0 Å². The fourth-order valence-corrected chi connectivity index (χ4v) is 5.29. The Morgan fingerprint density at radius 2 is 2.05 bits per heavy atom. The Kier molecular flexibility index (Phi) is 2.69. The third-order valence-corrected chi connectivity index (χ3v) is 7.20. The van der Waals surface area contributed by atoms with Gasteiger partial charge in [-0.3, -0.25) is 4.79 Å². The van der Waals surface area contributed by atoms with Crippen molar-refractivity contribution in [3.05, 3.63) is 28.7 Å². The summed E-state index contributed by atoms with van der Waals surface area (Å²) in [5.41, 5.74) is 0.354. The van der Waals surface area contributed by atoms with Crippen LogP contribution < -0.4 is 5.32 Å². The van der Waals surface area contributed by atoms with Gasteiger partial charge in [-0.15, -0.1) is 0 Å². The molecule has 4 bridgehead atoms. The molecule has 0 spiro atoms. The molecule has 0 aromatic heterocycles. The number of carbonyl (C=O) groups is 1. The van der Waals surface area contributed by atoms with Crippen LogP contribution in [-0.2, 0) is 9.53 Å². The summed E-state index contributed by atoms with van der Waals surface area (Å²) >= 11 is 3.41. The first-order chi connectivity index (χ1) is 9.91. The first-order valence-electron chi connectivity index (χ1n) is 7.62. The molecule has 4 heteroatoms. The lowest BCUT2D eigenvalue weighted by Crippen LogP contribution is -2.52. The van der Waals surface area contributed by atoms with Crippen molar-refractivity contribution in [2.45, 2.75) is 38.7 Å². The zero-order valence-corrected chi connectivity index (χ0v) is 14.0. The molecule has 2 aliphatic carbocycles. The van der Waals surface area contributed by atoms with Crippen molar-refractivity contribution in [3.63, 3.8) is 0 Å². The van der Waals surface area contributed by atoms with Crippen LogP contribution in [0.25, 0.3) is 0 Å². The Balaban J connectivity index is 1.65. The number of amides is 1. The third-order valence-electron chi connectivity index (χ3n) is 6.67. The number of rotatable bonds is 2. The van der Waals surface area contributed by atoms with Crippen LogP contribution in [0.2, 0.25) is 0 Å². The second-order valence-electron chi connectivity index (χ2n) is 7.27. The summed E-state index contributed by atoms with van der Waals surface area (Å²) in [6.45, 7) is 5.29. The summed E-state index contributed by atoms with van der Waals surface area (Å²) in [5.74, 6) is 0.671. The van der Waals surface area contributed by atoms with E-state index in [4.69, 9.17) is 4.74 Å². The Labute approximate surface area is 133 Å². The Hall–Kier alpha value is -0.870. The van der Waals surface area contributed by atoms with Gasteiger partial charge in [0.25, 0.3) is 5.91 Å². The minimum Gasteiger partial charge on any atom is -0.364 e.